The Balaban J connectivity index is 1.16. The molecule has 3 aromatic heterocycles. The van der Waals surface area contributed by atoms with Crippen LogP contribution in [-0.4, -0.2) is 6.71 Å². The lowest BCUT2D eigenvalue weighted by Gasteiger charge is -2.44. The molecule has 2 aliphatic heterocycles. The number of fused-ring (bicyclic) bond motifs is 8. The Kier molecular flexibility index (Phi) is 9.53. The van der Waals surface area contributed by atoms with E-state index in [0.717, 1.165) is 0 Å². The van der Waals surface area contributed by atoms with Crippen molar-refractivity contribution in [3.05, 3.63) is 172 Å². The van der Waals surface area contributed by atoms with Crippen molar-refractivity contribution in [2.24, 2.45) is 0 Å². The number of rotatable bonds is 4. The molecule has 67 heavy (non-hydrogen) atoms. The van der Waals surface area contributed by atoms with Crippen molar-refractivity contribution in [2.75, 3.05) is 9.80 Å². The van der Waals surface area contributed by atoms with Crippen LogP contribution in [0.1, 0.15) is 80.5 Å². The molecule has 0 radical (unpaired) electrons. The molecule has 0 unspecified atom stereocenters. The fraction of sp³-hybridized carbons (Fsp3) is 0.213. The largest absolute Gasteiger partial charge is 0.311 e. The third-order valence-electron chi connectivity index (χ3n) is 14.4. The summed E-state index contributed by atoms with van der Waals surface area (Å²) >= 11 is 5.74. The topological polar surface area (TPSA) is 6.48 Å². The lowest BCUT2D eigenvalue weighted by molar-refractivity contribution is 0.589. The highest BCUT2D eigenvalue weighted by Gasteiger charge is 2.46. The highest BCUT2D eigenvalue weighted by molar-refractivity contribution is 7.26. The van der Waals surface area contributed by atoms with E-state index < -0.39 is 0 Å². The molecule has 5 heterocycles. The quantitative estimate of drug-likeness (QED) is 0.162. The number of nitrogens with zero attached hydrogens (tertiary/aromatic N) is 2. The summed E-state index contributed by atoms with van der Waals surface area (Å²) in [5.41, 5.74) is 22.3. The van der Waals surface area contributed by atoms with Crippen molar-refractivity contribution < 1.29 is 0 Å². The third kappa shape index (κ3) is 6.69. The Morgan fingerprint density at radius 3 is 1.58 bits per heavy atom. The molecule has 0 aliphatic carbocycles. The van der Waals surface area contributed by atoms with Crippen molar-refractivity contribution in [1.82, 2.24) is 0 Å². The number of anilines is 6. The molecule has 2 aliphatic rings. The van der Waals surface area contributed by atoms with Crippen LogP contribution in [0.15, 0.2) is 133 Å². The second-order valence-electron chi connectivity index (χ2n) is 21.3. The van der Waals surface area contributed by atoms with E-state index in [9.17, 15) is 0 Å². The van der Waals surface area contributed by atoms with Gasteiger partial charge >= 0.3 is 0 Å². The van der Waals surface area contributed by atoms with Crippen LogP contribution < -0.4 is 26.2 Å². The molecule has 0 N–H and O–H groups in total. The van der Waals surface area contributed by atoms with Gasteiger partial charge < -0.3 is 9.80 Å². The summed E-state index contributed by atoms with van der Waals surface area (Å²) < 4.78 is 3.98. The van der Waals surface area contributed by atoms with Gasteiger partial charge in [-0.1, -0.05) is 114 Å². The lowest BCUT2D eigenvalue weighted by atomic mass is 9.33. The maximum absolute atomic E-state index is 2.68. The number of aryl methyl sites for hydroxylation is 5. The zero-order valence-corrected chi connectivity index (χ0v) is 42.8. The van der Waals surface area contributed by atoms with Crippen molar-refractivity contribution in [3.63, 3.8) is 0 Å². The van der Waals surface area contributed by atoms with Crippen molar-refractivity contribution in [2.45, 2.75) is 87.0 Å². The van der Waals surface area contributed by atoms with E-state index in [2.05, 4.69) is 219 Å². The first kappa shape index (κ1) is 42.4. The van der Waals surface area contributed by atoms with Gasteiger partial charge in [-0.3, -0.25) is 0 Å². The Bertz CT molecular complexity index is 3590. The first-order valence-corrected chi connectivity index (χ1v) is 26.1. The van der Waals surface area contributed by atoms with E-state index in [1.54, 1.807) is 0 Å². The molecule has 0 saturated carbocycles. The molecule has 0 saturated heterocycles. The summed E-state index contributed by atoms with van der Waals surface area (Å²) in [6.45, 7) is 25.7. The SMILES string of the molecule is Cc1cc2c3c(c1)N(c1c(C)cc(-c4cc5ccccc5s4)cc1C)c1sc4ccc(C(C)(C)C)cc4c1B3c1ccc(-c3cc4ccccc4s3)cc1N2c1c(C)cc(C(C)(C)C)cc1C. The van der Waals surface area contributed by atoms with Crippen LogP contribution >= 0.6 is 34.0 Å². The molecule has 0 amide bonds. The molecule has 0 atom stereocenters. The lowest BCUT2D eigenvalue weighted by Crippen LogP contribution is -2.61. The smallest absolute Gasteiger partial charge is 0.254 e. The highest BCUT2D eigenvalue weighted by atomic mass is 32.1. The van der Waals surface area contributed by atoms with E-state index in [1.807, 2.05) is 34.0 Å². The molecule has 330 valence electrons. The second kappa shape index (κ2) is 15.0. The normalized spacial score (nSPS) is 13.5. The number of benzene rings is 7. The minimum absolute atomic E-state index is 0.00182. The van der Waals surface area contributed by atoms with Gasteiger partial charge in [-0.2, -0.15) is 0 Å². The van der Waals surface area contributed by atoms with E-state index in [-0.39, 0.29) is 17.5 Å². The fourth-order valence-electron chi connectivity index (χ4n) is 11.2. The predicted molar refractivity (Wildman–Crippen MR) is 299 cm³/mol. The van der Waals surface area contributed by atoms with Crippen LogP contribution in [0.25, 0.3) is 51.1 Å². The van der Waals surface area contributed by atoms with Gasteiger partial charge in [0.1, 0.15) is 0 Å². The standard InChI is InChI=1S/C61H55BN2S3/c1-34-24-48-56-49(25-34)64(58-35(2)26-42(27-36(58)3)54-32-40-17-13-15-19-51(40)66-54)59-55(45-33-43(60(6,7)8)21-23-52(45)67-59)62(56)46-22-20-41(53-31-39-16-12-14-18-50(39)65-53)30-47(46)63(48)57-37(4)28-44(29-38(57)5)61(9,10)11/h12-33H,1-11H3. The highest BCUT2D eigenvalue weighted by Crippen LogP contribution is 2.52. The van der Waals surface area contributed by atoms with Crippen LogP contribution in [0.4, 0.5) is 33.4 Å². The summed E-state index contributed by atoms with van der Waals surface area (Å²) in [6, 6.07) is 51.8. The molecule has 6 heteroatoms. The van der Waals surface area contributed by atoms with Crippen LogP contribution in [0.2, 0.25) is 0 Å². The van der Waals surface area contributed by atoms with Crippen molar-refractivity contribution >= 4 is 121 Å². The summed E-state index contributed by atoms with van der Waals surface area (Å²) in [6.07, 6.45) is 0. The number of thiophene rings is 3. The zero-order valence-electron chi connectivity index (χ0n) is 40.4. The first-order chi connectivity index (χ1) is 32.0. The molecular formula is C61H55BN2S3. The van der Waals surface area contributed by atoms with E-state index in [0.29, 0.717) is 0 Å². The van der Waals surface area contributed by atoms with Crippen LogP contribution in [0.3, 0.4) is 0 Å². The van der Waals surface area contributed by atoms with Gasteiger partial charge in [0, 0.05) is 40.9 Å². The Labute approximate surface area is 408 Å². The Morgan fingerprint density at radius 1 is 0.433 bits per heavy atom. The third-order valence-corrected chi connectivity index (χ3v) is 17.9. The van der Waals surface area contributed by atoms with Crippen molar-refractivity contribution in [3.8, 4) is 20.9 Å². The monoisotopic (exact) mass is 922 g/mol. The van der Waals surface area contributed by atoms with Crippen LogP contribution in [-0.2, 0) is 10.8 Å². The summed E-state index contributed by atoms with van der Waals surface area (Å²) in [7, 11) is 0. The van der Waals surface area contributed by atoms with Crippen LogP contribution in [0.5, 0.6) is 0 Å². The maximum atomic E-state index is 2.68. The zero-order chi connectivity index (χ0) is 46.4. The average Bonchev–Trinajstić information content (AvgIpc) is 4.02. The minimum Gasteiger partial charge on any atom is -0.311 e. The van der Waals surface area contributed by atoms with Gasteiger partial charge in [0.15, 0.2) is 0 Å². The van der Waals surface area contributed by atoms with E-state index in [4.69, 9.17) is 0 Å². The Morgan fingerprint density at radius 2 is 0.985 bits per heavy atom. The maximum Gasteiger partial charge on any atom is 0.254 e. The summed E-state index contributed by atoms with van der Waals surface area (Å²) in [5.74, 6) is 0. The summed E-state index contributed by atoms with van der Waals surface area (Å²) in [4.78, 5) is 7.95. The molecule has 0 spiro atoms. The molecule has 0 fully saturated rings. The predicted octanol–water partition coefficient (Wildman–Crippen LogP) is 16.9. The van der Waals surface area contributed by atoms with Gasteiger partial charge in [-0.15, -0.1) is 34.0 Å². The molecule has 12 rings (SSSR count). The number of hydrogen-bond acceptors (Lipinski definition) is 5. The molecule has 7 aromatic carbocycles. The summed E-state index contributed by atoms with van der Waals surface area (Å²) in [5, 5.41) is 5.29. The fourth-order valence-corrected chi connectivity index (χ4v) is 14.5. The Hall–Kier alpha value is -5.92. The van der Waals surface area contributed by atoms with Gasteiger partial charge in [0.2, 0.25) is 0 Å². The van der Waals surface area contributed by atoms with Crippen molar-refractivity contribution in [1.29, 1.82) is 0 Å². The van der Waals surface area contributed by atoms with Gasteiger partial charge in [-0.05, 0) is 189 Å². The van der Waals surface area contributed by atoms with Gasteiger partial charge in [0.25, 0.3) is 6.71 Å². The molecule has 2 nitrogen and oxygen atoms in total. The van der Waals surface area contributed by atoms with Gasteiger partial charge in [-0.25, -0.2) is 0 Å². The van der Waals surface area contributed by atoms with E-state index in [1.165, 1.54) is 140 Å². The minimum atomic E-state index is 0.00182. The second-order valence-corrected chi connectivity index (χ2v) is 24.5. The molecule has 10 aromatic rings. The number of hydrogen-bond donors (Lipinski definition) is 0. The first-order valence-electron chi connectivity index (χ1n) is 23.7. The molecule has 0 bridgehead atoms. The van der Waals surface area contributed by atoms with Gasteiger partial charge in [0.05, 0.1) is 16.4 Å². The average molecular weight is 923 g/mol. The molecular weight excluding hydrogens is 868 g/mol. The van der Waals surface area contributed by atoms with Crippen LogP contribution in [0, 0.1) is 34.6 Å². The van der Waals surface area contributed by atoms with E-state index >= 15 is 0 Å².